The number of amides is 1. The van der Waals surface area contributed by atoms with Gasteiger partial charge < -0.3 is 0 Å². The van der Waals surface area contributed by atoms with Gasteiger partial charge in [0, 0.05) is 16.6 Å². The number of rotatable bonds is 8. The summed E-state index contributed by atoms with van der Waals surface area (Å²) in [4.78, 5) is 13.5. The van der Waals surface area contributed by atoms with Gasteiger partial charge in [0.25, 0.3) is 5.91 Å². The summed E-state index contributed by atoms with van der Waals surface area (Å²) in [6.45, 7) is 6.41. The van der Waals surface area contributed by atoms with Crippen LogP contribution in [0.1, 0.15) is 55.4 Å². The SMILES string of the molecule is CCCCCc1nnc(NC(=O)c2ccccc2SC(C)C)s1. The lowest BCUT2D eigenvalue weighted by atomic mass is 10.2. The van der Waals surface area contributed by atoms with E-state index in [1.807, 2.05) is 24.3 Å². The molecule has 2 rings (SSSR count). The molecule has 6 heteroatoms. The summed E-state index contributed by atoms with van der Waals surface area (Å²) in [6, 6.07) is 7.67. The number of unbranched alkanes of at least 4 members (excludes halogenated alkanes) is 2. The van der Waals surface area contributed by atoms with Gasteiger partial charge in [0.2, 0.25) is 5.13 Å². The Morgan fingerprint density at radius 2 is 2.04 bits per heavy atom. The van der Waals surface area contributed by atoms with Gasteiger partial charge in [-0.1, -0.05) is 57.1 Å². The number of aromatic nitrogens is 2. The smallest absolute Gasteiger partial charge is 0.258 e. The molecule has 1 aromatic heterocycles. The summed E-state index contributed by atoms with van der Waals surface area (Å²) in [6.07, 6.45) is 4.43. The van der Waals surface area contributed by atoms with E-state index in [-0.39, 0.29) is 5.91 Å². The zero-order valence-electron chi connectivity index (χ0n) is 13.8. The Morgan fingerprint density at radius 1 is 1.26 bits per heavy atom. The van der Waals surface area contributed by atoms with E-state index in [1.54, 1.807) is 11.8 Å². The molecule has 0 bridgehead atoms. The van der Waals surface area contributed by atoms with Gasteiger partial charge in [0.15, 0.2) is 0 Å². The second kappa shape index (κ2) is 9.03. The highest BCUT2D eigenvalue weighted by molar-refractivity contribution is 8.00. The number of nitrogens with zero attached hydrogens (tertiary/aromatic N) is 2. The molecule has 0 saturated heterocycles. The van der Waals surface area contributed by atoms with Gasteiger partial charge in [-0.25, -0.2) is 0 Å². The number of carbonyl (C=O) groups excluding carboxylic acids is 1. The Labute approximate surface area is 146 Å². The van der Waals surface area contributed by atoms with Crippen LogP contribution in [-0.2, 0) is 6.42 Å². The van der Waals surface area contributed by atoms with Crippen molar-refractivity contribution in [1.82, 2.24) is 10.2 Å². The summed E-state index contributed by atoms with van der Waals surface area (Å²) in [5.74, 6) is -0.120. The summed E-state index contributed by atoms with van der Waals surface area (Å²) < 4.78 is 0. The predicted octanol–water partition coefficient (Wildman–Crippen LogP) is 5.02. The normalized spacial score (nSPS) is 11.0. The number of nitrogens with one attached hydrogen (secondary N) is 1. The maximum atomic E-state index is 12.5. The molecule has 0 fully saturated rings. The lowest BCUT2D eigenvalue weighted by Gasteiger charge is -2.10. The topological polar surface area (TPSA) is 54.9 Å². The molecule has 0 atom stereocenters. The molecular weight excluding hydrogens is 326 g/mol. The standard InChI is InChI=1S/C17H23N3OS2/c1-4-5-6-11-15-19-20-17(23-15)18-16(21)13-9-7-8-10-14(13)22-12(2)3/h7-10,12H,4-6,11H2,1-3H3,(H,18,20,21). The first-order valence-electron chi connectivity index (χ1n) is 7.99. The lowest BCUT2D eigenvalue weighted by molar-refractivity contribution is 0.102. The van der Waals surface area contributed by atoms with Crippen LogP contribution >= 0.6 is 23.1 Å². The number of hydrogen-bond donors (Lipinski definition) is 1. The molecule has 2 aromatic rings. The van der Waals surface area contributed by atoms with E-state index in [2.05, 4.69) is 36.3 Å². The lowest BCUT2D eigenvalue weighted by Crippen LogP contribution is -2.13. The zero-order valence-corrected chi connectivity index (χ0v) is 15.5. The summed E-state index contributed by atoms with van der Waals surface area (Å²) in [5, 5.41) is 13.1. The molecule has 0 saturated carbocycles. The molecule has 1 amide bonds. The van der Waals surface area contributed by atoms with Crippen molar-refractivity contribution in [3.05, 3.63) is 34.8 Å². The molecule has 0 aliphatic heterocycles. The van der Waals surface area contributed by atoms with E-state index < -0.39 is 0 Å². The van der Waals surface area contributed by atoms with Crippen LogP contribution < -0.4 is 5.32 Å². The van der Waals surface area contributed by atoms with Gasteiger partial charge in [0.05, 0.1) is 5.56 Å². The summed E-state index contributed by atoms with van der Waals surface area (Å²) in [7, 11) is 0. The Balaban J connectivity index is 2.02. The third kappa shape index (κ3) is 5.62. The van der Waals surface area contributed by atoms with Crippen LogP contribution in [0, 0.1) is 0 Å². The van der Waals surface area contributed by atoms with E-state index >= 15 is 0 Å². The van der Waals surface area contributed by atoms with Crippen molar-refractivity contribution in [1.29, 1.82) is 0 Å². The highest BCUT2D eigenvalue weighted by atomic mass is 32.2. The monoisotopic (exact) mass is 349 g/mol. The fourth-order valence-corrected chi connectivity index (χ4v) is 3.84. The van der Waals surface area contributed by atoms with Crippen molar-refractivity contribution < 1.29 is 4.79 Å². The second-order valence-electron chi connectivity index (χ2n) is 5.57. The van der Waals surface area contributed by atoms with Gasteiger partial charge in [-0.15, -0.1) is 22.0 Å². The molecule has 1 N–H and O–H groups in total. The van der Waals surface area contributed by atoms with Crippen molar-refractivity contribution in [3.63, 3.8) is 0 Å². The minimum absolute atomic E-state index is 0.120. The van der Waals surface area contributed by atoms with E-state index in [1.165, 1.54) is 24.2 Å². The minimum atomic E-state index is -0.120. The van der Waals surface area contributed by atoms with Crippen molar-refractivity contribution in [3.8, 4) is 0 Å². The van der Waals surface area contributed by atoms with Gasteiger partial charge in [-0.2, -0.15) is 0 Å². The molecule has 124 valence electrons. The third-order valence-corrected chi connectivity index (χ3v) is 5.16. The predicted molar refractivity (Wildman–Crippen MR) is 98.5 cm³/mol. The molecule has 23 heavy (non-hydrogen) atoms. The fourth-order valence-electron chi connectivity index (χ4n) is 2.11. The average molecular weight is 350 g/mol. The van der Waals surface area contributed by atoms with Crippen molar-refractivity contribution >= 4 is 34.1 Å². The molecule has 0 aliphatic carbocycles. The maximum absolute atomic E-state index is 12.5. The molecule has 0 unspecified atom stereocenters. The summed E-state index contributed by atoms with van der Waals surface area (Å²) >= 11 is 3.15. The van der Waals surface area contributed by atoms with E-state index in [4.69, 9.17) is 0 Å². The molecule has 0 spiro atoms. The van der Waals surface area contributed by atoms with E-state index in [0.29, 0.717) is 15.9 Å². The van der Waals surface area contributed by atoms with Gasteiger partial charge in [-0.05, 0) is 18.6 Å². The number of benzene rings is 1. The first-order valence-corrected chi connectivity index (χ1v) is 9.69. The number of aryl methyl sites for hydroxylation is 1. The maximum Gasteiger partial charge on any atom is 0.258 e. The highest BCUT2D eigenvalue weighted by Crippen LogP contribution is 2.27. The molecule has 1 heterocycles. The molecule has 0 radical (unpaired) electrons. The minimum Gasteiger partial charge on any atom is -0.296 e. The number of hydrogen-bond acceptors (Lipinski definition) is 5. The Morgan fingerprint density at radius 3 is 2.78 bits per heavy atom. The van der Waals surface area contributed by atoms with Crippen molar-refractivity contribution in [2.45, 2.75) is 56.6 Å². The Bertz CT molecular complexity index is 640. The molecule has 0 aliphatic rings. The molecular formula is C17H23N3OS2. The Kier molecular flexibility index (Phi) is 7.05. The molecule has 1 aromatic carbocycles. The second-order valence-corrected chi connectivity index (χ2v) is 8.26. The number of thioether (sulfide) groups is 1. The van der Waals surface area contributed by atoms with Gasteiger partial charge >= 0.3 is 0 Å². The quantitative estimate of drug-likeness (QED) is 0.537. The van der Waals surface area contributed by atoms with Gasteiger partial charge in [-0.3, -0.25) is 10.1 Å². The van der Waals surface area contributed by atoms with Crippen molar-refractivity contribution in [2.75, 3.05) is 5.32 Å². The van der Waals surface area contributed by atoms with Crippen LogP contribution in [0.15, 0.2) is 29.2 Å². The fraction of sp³-hybridized carbons (Fsp3) is 0.471. The highest BCUT2D eigenvalue weighted by Gasteiger charge is 2.14. The molecule has 4 nitrogen and oxygen atoms in total. The van der Waals surface area contributed by atoms with Crippen LogP contribution in [0.5, 0.6) is 0 Å². The summed E-state index contributed by atoms with van der Waals surface area (Å²) in [5.41, 5.74) is 0.689. The van der Waals surface area contributed by atoms with Crippen LogP contribution in [0.3, 0.4) is 0 Å². The number of carbonyl (C=O) groups is 1. The van der Waals surface area contributed by atoms with E-state index in [0.717, 1.165) is 22.7 Å². The third-order valence-electron chi connectivity index (χ3n) is 3.18. The first-order chi connectivity index (χ1) is 11.1. The zero-order chi connectivity index (χ0) is 16.7. The van der Waals surface area contributed by atoms with Crippen molar-refractivity contribution in [2.24, 2.45) is 0 Å². The average Bonchev–Trinajstić information content (AvgIpc) is 2.95. The van der Waals surface area contributed by atoms with Gasteiger partial charge in [0.1, 0.15) is 5.01 Å². The van der Waals surface area contributed by atoms with Crippen LogP contribution in [0.2, 0.25) is 0 Å². The van der Waals surface area contributed by atoms with Crippen LogP contribution in [-0.4, -0.2) is 21.4 Å². The first kappa shape index (κ1) is 17.9. The van der Waals surface area contributed by atoms with E-state index in [9.17, 15) is 4.79 Å². The largest absolute Gasteiger partial charge is 0.296 e. The van der Waals surface area contributed by atoms with Crippen LogP contribution in [0.25, 0.3) is 0 Å². The van der Waals surface area contributed by atoms with Crippen LogP contribution in [0.4, 0.5) is 5.13 Å². The Hall–Kier alpha value is -1.40. The number of anilines is 1.